The average molecular weight is 618 g/mol. The van der Waals surface area contributed by atoms with E-state index in [-0.39, 0.29) is 18.4 Å². The van der Waals surface area contributed by atoms with Gasteiger partial charge in [0.25, 0.3) is 8.32 Å². The normalized spacial score (nSPS) is 20.7. The van der Waals surface area contributed by atoms with Gasteiger partial charge in [-0.05, 0) is 66.6 Å². The summed E-state index contributed by atoms with van der Waals surface area (Å²) in [4.78, 5) is 0. The fraction of sp³-hybridized carbons (Fsp3) is 0.500. The van der Waals surface area contributed by atoms with E-state index in [1.807, 2.05) is 48.5 Å². The van der Waals surface area contributed by atoms with Crippen LogP contribution in [0.3, 0.4) is 0 Å². The van der Waals surface area contributed by atoms with Gasteiger partial charge in [-0.2, -0.15) is 0 Å². The number of aliphatic hydroxyl groups excluding tert-OH is 1. The lowest BCUT2D eigenvalue weighted by atomic mass is 9.69. The first-order valence-corrected chi connectivity index (χ1v) is 18.3. The zero-order valence-corrected chi connectivity index (χ0v) is 28.1. The zero-order valence-electron chi connectivity index (χ0n) is 27.1. The van der Waals surface area contributed by atoms with Crippen molar-refractivity contribution >= 4 is 19.5 Å². The summed E-state index contributed by atoms with van der Waals surface area (Å²) in [5.41, 5.74) is 4.53. The van der Waals surface area contributed by atoms with Crippen molar-refractivity contribution in [2.75, 3.05) is 13.7 Å². The van der Waals surface area contributed by atoms with Crippen LogP contribution in [-0.2, 0) is 4.74 Å². The minimum atomic E-state index is -2.21. The van der Waals surface area contributed by atoms with E-state index >= 15 is 0 Å². The second-order valence-corrected chi connectivity index (χ2v) is 19.2. The molecule has 3 N–H and O–H groups in total. The van der Waals surface area contributed by atoms with Gasteiger partial charge in [0.15, 0.2) is 0 Å². The van der Waals surface area contributed by atoms with E-state index in [0.717, 1.165) is 48.1 Å². The van der Waals surface area contributed by atoms with Crippen LogP contribution in [0.1, 0.15) is 89.8 Å². The Kier molecular flexibility index (Phi) is 7.91. The fourth-order valence-electron chi connectivity index (χ4n) is 8.74. The predicted molar refractivity (Wildman–Crippen MR) is 176 cm³/mol. The standard InChI is InChI=1S/C36H47NO6Si/c1-21(2)44(22(3)4,23(5)6)43-25-15-16-26-28(19-25)42-36(17-11-12-18-36)32-30(26)33(38)27(20-41-7)29-31(32)35(40)37(34(29)39)24-13-9-8-10-14-24/h8-10,13-16,19,21-23,27,33,38-40H,11-12,17-18,20H2,1-7H3/t27-,33+/m1/s1. The predicted octanol–water partition coefficient (Wildman–Crippen LogP) is 8.16. The number of rotatable bonds is 8. The van der Waals surface area contributed by atoms with Crippen molar-refractivity contribution in [3.63, 3.8) is 0 Å². The van der Waals surface area contributed by atoms with E-state index in [1.54, 1.807) is 7.11 Å². The van der Waals surface area contributed by atoms with Gasteiger partial charge in [-0.15, -0.1) is 0 Å². The molecule has 7 nitrogen and oxygen atoms in total. The molecular formula is C36H47NO6Si. The van der Waals surface area contributed by atoms with Crippen LogP contribution >= 0.6 is 0 Å². The Hall–Kier alpha value is -3.20. The van der Waals surface area contributed by atoms with Gasteiger partial charge in [-0.1, -0.05) is 59.7 Å². The van der Waals surface area contributed by atoms with E-state index in [1.165, 1.54) is 4.57 Å². The molecule has 0 saturated heterocycles. The molecule has 3 aromatic rings. The molecule has 2 aliphatic carbocycles. The first kappa shape index (κ1) is 30.8. The summed E-state index contributed by atoms with van der Waals surface area (Å²) in [5.74, 6) is 0.777. The highest BCUT2D eigenvalue weighted by Crippen LogP contribution is 2.62. The zero-order chi connectivity index (χ0) is 31.6. The number of hydrogen-bond acceptors (Lipinski definition) is 6. The number of methoxy groups -OCH3 is 1. The molecule has 1 fully saturated rings. The molecule has 1 spiro atoms. The van der Waals surface area contributed by atoms with Crippen molar-refractivity contribution in [1.82, 2.24) is 4.57 Å². The molecule has 0 bridgehead atoms. The van der Waals surface area contributed by atoms with Crippen molar-refractivity contribution in [3.8, 4) is 28.9 Å². The Morgan fingerprint density at radius 2 is 1.57 bits per heavy atom. The Labute approximate surface area is 262 Å². The van der Waals surface area contributed by atoms with Crippen molar-refractivity contribution in [2.24, 2.45) is 0 Å². The smallest absolute Gasteiger partial charge is 0.258 e. The monoisotopic (exact) mass is 617 g/mol. The lowest BCUT2D eigenvalue weighted by Gasteiger charge is -2.45. The van der Waals surface area contributed by atoms with Crippen LogP contribution in [0.15, 0.2) is 48.5 Å². The number of fused-ring (bicyclic) bond motifs is 5. The van der Waals surface area contributed by atoms with Crippen molar-refractivity contribution in [1.29, 1.82) is 0 Å². The molecule has 0 amide bonds. The number of aromatic nitrogens is 1. The number of para-hydroxylation sites is 1. The molecule has 8 heteroatoms. The summed E-state index contributed by atoms with van der Waals surface area (Å²) in [7, 11) is -0.618. The molecule has 2 heterocycles. The summed E-state index contributed by atoms with van der Waals surface area (Å²) < 4.78 is 21.2. The first-order valence-electron chi connectivity index (χ1n) is 16.1. The Morgan fingerprint density at radius 1 is 0.932 bits per heavy atom. The van der Waals surface area contributed by atoms with Crippen molar-refractivity contribution in [3.05, 3.63) is 65.2 Å². The number of aliphatic hydroxyl groups is 1. The highest BCUT2D eigenvalue weighted by atomic mass is 28.4. The molecule has 6 rings (SSSR count). The van der Waals surface area contributed by atoms with Crippen LogP contribution in [-0.4, -0.2) is 53.6 Å². The minimum Gasteiger partial charge on any atom is -0.543 e. The molecule has 236 valence electrons. The average Bonchev–Trinajstić information content (AvgIpc) is 3.55. The van der Waals surface area contributed by atoms with Gasteiger partial charge in [0.2, 0.25) is 11.8 Å². The topological polar surface area (TPSA) is 93.3 Å². The van der Waals surface area contributed by atoms with Crippen LogP contribution < -0.4 is 9.16 Å². The molecular weight excluding hydrogens is 570 g/mol. The van der Waals surface area contributed by atoms with E-state index in [4.69, 9.17) is 13.9 Å². The van der Waals surface area contributed by atoms with Crippen LogP contribution in [0.25, 0.3) is 16.8 Å². The maximum Gasteiger partial charge on any atom is 0.258 e. The highest BCUT2D eigenvalue weighted by molar-refractivity contribution is 6.78. The SMILES string of the molecule is COC[C@@H]1c2c(c(O)n(-c3ccccc3)c2O)C2=C(c3ccc(O[Si](C(C)C)(C(C)C)C(C)C)cc3OC23CCCC3)[C@H]1O. The summed E-state index contributed by atoms with van der Waals surface area (Å²) in [6, 6.07) is 15.4. The van der Waals surface area contributed by atoms with E-state index in [9.17, 15) is 15.3 Å². The van der Waals surface area contributed by atoms with Crippen LogP contribution in [0.5, 0.6) is 23.3 Å². The Balaban J connectivity index is 1.58. The number of benzene rings is 2. The molecule has 0 unspecified atom stereocenters. The maximum atomic E-state index is 12.2. The van der Waals surface area contributed by atoms with E-state index in [2.05, 4.69) is 41.5 Å². The molecule has 2 atom stereocenters. The first-order chi connectivity index (χ1) is 21.0. The van der Waals surface area contributed by atoms with Crippen molar-refractivity contribution in [2.45, 2.75) is 101 Å². The lowest BCUT2D eigenvalue weighted by Crippen LogP contribution is -2.50. The quantitative estimate of drug-likeness (QED) is 0.221. The largest absolute Gasteiger partial charge is 0.543 e. The third kappa shape index (κ3) is 4.43. The molecule has 1 saturated carbocycles. The van der Waals surface area contributed by atoms with Gasteiger partial charge in [0.1, 0.15) is 17.1 Å². The molecule has 1 aromatic heterocycles. The van der Waals surface area contributed by atoms with Gasteiger partial charge in [-0.25, -0.2) is 0 Å². The van der Waals surface area contributed by atoms with Gasteiger partial charge in [0.05, 0.1) is 24.0 Å². The Morgan fingerprint density at radius 3 is 2.16 bits per heavy atom. The summed E-state index contributed by atoms with van der Waals surface area (Å²) >= 11 is 0. The van der Waals surface area contributed by atoms with Crippen LogP contribution in [0.2, 0.25) is 16.6 Å². The number of ether oxygens (including phenoxy) is 2. The highest BCUT2D eigenvalue weighted by Gasteiger charge is 2.54. The second kappa shape index (κ2) is 11.3. The summed E-state index contributed by atoms with van der Waals surface area (Å²) in [5, 5.41) is 35.8. The Bertz CT molecular complexity index is 1550. The number of hydrogen-bond donors (Lipinski definition) is 3. The molecule has 0 radical (unpaired) electrons. The second-order valence-electron chi connectivity index (χ2n) is 13.8. The van der Waals surface area contributed by atoms with E-state index in [0.29, 0.717) is 39.2 Å². The van der Waals surface area contributed by atoms with Crippen LogP contribution in [0, 0.1) is 0 Å². The summed E-state index contributed by atoms with van der Waals surface area (Å²) in [6.07, 6.45) is 2.45. The van der Waals surface area contributed by atoms with Gasteiger partial charge in [0, 0.05) is 41.4 Å². The molecule has 1 aliphatic heterocycles. The van der Waals surface area contributed by atoms with Gasteiger partial charge < -0.3 is 29.2 Å². The van der Waals surface area contributed by atoms with Crippen LogP contribution in [0.4, 0.5) is 0 Å². The van der Waals surface area contributed by atoms with Gasteiger partial charge >= 0.3 is 0 Å². The lowest BCUT2D eigenvalue weighted by molar-refractivity contribution is 0.103. The third-order valence-electron chi connectivity index (χ3n) is 10.5. The summed E-state index contributed by atoms with van der Waals surface area (Å²) in [6.45, 7) is 13.8. The number of nitrogens with zero attached hydrogens (tertiary/aromatic N) is 1. The molecule has 44 heavy (non-hydrogen) atoms. The van der Waals surface area contributed by atoms with E-state index < -0.39 is 25.9 Å². The molecule has 3 aliphatic rings. The van der Waals surface area contributed by atoms with Crippen molar-refractivity contribution < 1.29 is 29.2 Å². The maximum absolute atomic E-state index is 12.2. The third-order valence-corrected chi connectivity index (χ3v) is 16.5. The van der Waals surface area contributed by atoms with Gasteiger partial charge in [-0.3, -0.25) is 4.57 Å². The number of aromatic hydroxyl groups is 2. The fourth-order valence-corrected chi connectivity index (χ4v) is 14.0. The molecule has 2 aromatic carbocycles. The minimum absolute atomic E-state index is 0.0518.